The van der Waals surface area contributed by atoms with Crippen molar-refractivity contribution in [1.29, 1.82) is 0 Å². The van der Waals surface area contributed by atoms with Crippen LogP contribution in [0.1, 0.15) is 24.5 Å². The molecule has 2 aromatic carbocycles. The second kappa shape index (κ2) is 11.3. The van der Waals surface area contributed by atoms with Gasteiger partial charge in [-0.05, 0) is 30.2 Å². The van der Waals surface area contributed by atoms with Crippen LogP contribution in [0.15, 0.2) is 60.7 Å². The minimum atomic E-state index is -1.83. The first-order valence-corrected chi connectivity index (χ1v) is 12.3. The Morgan fingerprint density at radius 2 is 1.76 bits per heavy atom. The van der Waals surface area contributed by atoms with Crippen molar-refractivity contribution in [3.05, 3.63) is 71.8 Å². The van der Waals surface area contributed by atoms with Crippen LogP contribution in [0.5, 0.6) is 0 Å². The van der Waals surface area contributed by atoms with Crippen LogP contribution in [-0.2, 0) is 26.5 Å². The number of amides is 2. The van der Waals surface area contributed by atoms with Gasteiger partial charge in [0.15, 0.2) is 18.0 Å². The summed E-state index contributed by atoms with van der Waals surface area (Å²) in [6, 6.07) is 13.5. The van der Waals surface area contributed by atoms with Crippen molar-refractivity contribution < 1.29 is 45.0 Å². The number of fused-ring (bicyclic) bond motifs is 1. The van der Waals surface area contributed by atoms with Crippen molar-refractivity contribution in [2.75, 3.05) is 16.8 Å². The number of hydrogen-bond acceptors (Lipinski definition) is 9. The summed E-state index contributed by atoms with van der Waals surface area (Å²) in [7, 11) is 0. The molecule has 1 saturated heterocycles. The quantitative estimate of drug-likeness (QED) is 0.227. The van der Waals surface area contributed by atoms with E-state index in [1.54, 1.807) is 67.6 Å². The number of para-hydroxylation sites is 1. The number of nitrogens with zero attached hydrogens (tertiary/aromatic N) is 1. The number of hydrogen-bond donors (Lipinski definition) is 7. The maximum Gasteiger partial charge on any atom is 0.264 e. The SMILES string of the molecule is C[C@H](/C=C/CCO)[C@@]1(O)C(=O)N(Cc2ccc(NC(=O)[C@H]3O[C@@H](O)[C@H](O)[C@@H](O)[C@@H]3O)cc2)c2ccccc21. The van der Waals surface area contributed by atoms with Crippen LogP contribution < -0.4 is 10.2 Å². The Morgan fingerprint density at radius 1 is 1.08 bits per heavy atom. The van der Waals surface area contributed by atoms with E-state index in [1.165, 1.54) is 4.90 Å². The molecule has 0 unspecified atom stereocenters. The summed E-state index contributed by atoms with van der Waals surface area (Å²) in [5.41, 5.74) is 0.358. The lowest BCUT2D eigenvalue weighted by Gasteiger charge is -2.37. The van der Waals surface area contributed by atoms with E-state index in [-0.39, 0.29) is 13.2 Å². The van der Waals surface area contributed by atoms with Gasteiger partial charge in [0, 0.05) is 23.8 Å². The lowest BCUT2D eigenvalue weighted by atomic mass is 9.83. The molecule has 0 saturated carbocycles. The van der Waals surface area contributed by atoms with Gasteiger partial charge < -0.3 is 45.6 Å². The minimum absolute atomic E-state index is 0.0317. The lowest BCUT2D eigenvalue weighted by Crippen LogP contribution is -2.60. The smallest absolute Gasteiger partial charge is 0.264 e. The van der Waals surface area contributed by atoms with Crippen molar-refractivity contribution in [3.8, 4) is 0 Å². The molecule has 2 aliphatic rings. The first kappa shape index (κ1) is 27.9. The van der Waals surface area contributed by atoms with Gasteiger partial charge in [0.05, 0.1) is 12.2 Å². The zero-order chi connectivity index (χ0) is 27.6. The minimum Gasteiger partial charge on any atom is -0.396 e. The van der Waals surface area contributed by atoms with Crippen LogP contribution in [0.4, 0.5) is 11.4 Å². The van der Waals surface area contributed by atoms with Gasteiger partial charge in [-0.1, -0.05) is 49.4 Å². The maximum atomic E-state index is 13.5. The third kappa shape index (κ3) is 5.09. The highest BCUT2D eigenvalue weighted by Crippen LogP contribution is 2.45. The Morgan fingerprint density at radius 3 is 2.45 bits per heavy atom. The second-order valence-corrected chi connectivity index (χ2v) is 9.51. The van der Waals surface area contributed by atoms with Gasteiger partial charge in [0.1, 0.15) is 18.3 Å². The maximum absolute atomic E-state index is 13.5. The molecule has 0 radical (unpaired) electrons. The fourth-order valence-electron chi connectivity index (χ4n) is 4.74. The van der Waals surface area contributed by atoms with E-state index in [1.807, 2.05) is 0 Å². The predicted molar refractivity (Wildman–Crippen MR) is 136 cm³/mol. The van der Waals surface area contributed by atoms with Crippen LogP contribution in [0.2, 0.25) is 0 Å². The molecular formula is C27H32N2O9. The molecule has 11 nitrogen and oxygen atoms in total. The van der Waals surface area contributed by atoms with Crippen molar-refractivity contribution >= 4 is 23.2 Å². The number of anilines is 2. The molecule has 0 bridgehead atoms. The third-order valence-electron chi connectivity index (χ3n) is 6.96. The standard InChI is InChI=1S/C27H32N2O9/c1-15(6-4-5-13-30)27(37)18-7-2-3-8-19(18)29(26(27)36)14-16-9-11-17(12-10-16)28-24(34)23-21(32)20(31)22(33)25(35)38-23/h2-4,6-12,15,20-23,25,30-33,35,37H,5,13-14H2,1H3,(H,28,34)/b6-4+/t15-,20+,21+,22-,23+,25-,27+/m1/s1. The molecule has 2 heterocycles. The van der Waals surface area contributed by atoms with Gasteiger partial charge in [0.2, 0.25) is 0 Å². The zero-order valence-corrected chi connectivity index (χ0v) is 20.7. The highest BCUT2D eigenvalue weighted by atomic mass is 16.6. The van der Waals surface area contributed by atoms with E-state index in [4.69, 9.17) is 9.84 Å². The Hall–Kier alpha value is -3.16. The zero-order valence-electron chi connectivity index (χ0n) is 20.7. The van der Waals surface area contributed by atoms with Crippen molar-refractivity contribution in [2.24, 2.45) is 5.92 Å². The molecule has 38 heavy (non-hydrogen) atoms. The first-order valence-electron chi connectivity index (χ1n) is 12.3. The number of benzene rings is 2. The number of aliphatic hydroxyl groups excluding tert-OH is 5. The number of carbonyl (C=O) groups is 2. The third-order valence-corrected chi connectivity index (χ3v) is 6.96. The summed E-state index contributed by atoms with van der Waals surface area (Å²) in [5.74, 6) is -1.84. The largest absolute Gasteiger partial charge is 0.396 e. The molecule has 0 aromatic heterocycles. The van der Waals surface area contributed by atoms with Crippen molar-refractivity contribution in [2.45, 2.75) is 56.2 Å². The van der Waals surface area contributed by atoms with E-state index < -0.39 is 54.0 Å². The summed E-state index contributed by atoms with van der Waals surface area (Å²) >= 11 is 0. The van der Waals surface area contributed by atoms with E-state index >= 15 is 0 Å². The van der Waals surface area contributed by atoms with E-state index in [0.29, 0.717) is 28.9 Å². The highest BCUT2D eigenvalue weighted by molar-refractivity contribution is 6.07. The van der Waals surface area contributed by atoms with Crippen molar-refractivity contribution in [1.82, 2.24) is 0 Å². The summed E-state index contributed by atoms with van der Waals surface area (Å²) in [4.78, 5) is 27.5. The topological polar surface area (TPSA) is 180 Å². The average Bonchev–Trinajstić information content (AvgIpc) is 3.13. The predicted octanol–water partition coefficient (Wildman–Crippen LogP) is -0.266. The van der Waals surface area contributed by atoms with Crippen LogP contribution in [0.25, 0.3) is 0 Å². The Kier molecular flexibility index (Phi) is 8.28. The van der Waals surface area contributed by atoms with Crippen molar-refractivity contribution in [3.63, 3.8) is 0 Å². The molecule has 7 N–H and O–H groups in total. The Balaban J connectivity index is 1.48. The Bertz CT molecular complexity index is 1190. The van der Waals surface area contributed by atoms with E-state index in [9.17, 15) is 35.1 Å². The molecule has 1 fully saturated rings. The van der Waals surface area contributed by atoms with Crippen LogP contribution in [0.3, 0.4) is 0 Å². The van der Waals surface area contributed by atoms with Gasteiger partial charge >= 0.3 is 0 Å². The van der Waals surface area contributed by atoms with Gasteiger partial charge in [-0.2, -0.15) is 0 Å². The molecule has 2 aliphatic heterocycles. The van der Waals surface area contributed by atoms with E-state index in [0.717, 1.165) is 0 Å². The molecule has 204 valence electrons. The molecule has 11 heteroatoms. The number of nitrogens with one attached hydrogen (secondary N) is 1. The summed E-state index contributed by atoms with van der Waals surface area (Å²) < 4.78 is 4.94. The molecule has 2 aromatic rings. The molecule has 0 spiro atoms. The number of ether oxygens (including phenoxy) is 1. The summed E-state index contributed by atoms with van der Waals surface area (Å²) in [6.07, 6.45) is -4.82. The van der Waals surface area contributed by atoms with E-state index in [2.05, 4.69) is 5.32 Å². The second-order valence-electron chi connectivity index (χ2n) is 9.51. The molecule has 0 aliphatic carbocycles. The Labute approximate surface area is 219 Å². The van der Waals surface area contributed by atoms with Crippen LogP contribution in [0, 0.1) is 5.92 Å². The molecule has 2 amide bonds. The van der Waals surface area contributed by atoms with Crippen LogP contribution in [-0.4, -0.2) is 79.8 Å². The number of rotatable bonds is 8. The summed E-state index contributed by atoms with van der Waals surface area (Å²) in [5, 5.41) is 62.2. The highest BCUT2D eigenvalue weighted by Gasteiger charge is 2.52. The first-order chi connectivity index (χ1) is 18.1. The monoisotopic (exact) mass is 528 g/mol. The molecular weight excluding hydrogens is 496 g/mol. The molecule has 7 atom stereocenters. The van der Waals surface area contributed by atoms with Gasteiger partial charge in [-0.25, -0.2) is 0 Å². The van der Waals surface area contributed by atoms with Gasteiger partial charge in [-0.15, -0.1) is 0 Å². The van der Waals surface area contributed by atoms with Crippen LogP contribution >= 0.6 is 0 Å². The number of aliphatic hydroxyl groups is 6. The lowest BCUT2D eigenvalue weighted by molar-refractivity contribution is -0.274. The summed E-state index contributed by atoms with van der Waals surface area (Å²) in [6.45, 7) is 1.87. The fraction of sp³-hybridized carbons (Fsp3) is 0.407. The normalized spacial score (nSPS) is 29.9. The average molecular weight is 529 g/mol. The fourth-order valence-corrected chi connectivity index (χ4v) is 4.74. The number of carbonyl (C=O) groups excluding carboxylic acids is 2. The van der Waals surface area contributed by atoms with Gasteiger partial charge in [-0.3, -0.25) is 9.59 Å². The molecule has 4 rings (SSSR count). The van der Waals surface area contributed by atoms with Gasteiger partial charge in [0.25, 0.3) is 11.8 Å².